The molecule has 1 aromatic heterocycles. The molecular formula is C9H14N2O2. The van der Waals surface area contributed by atoms with Gasteiger partial charge in [0, 0.05) is 18.8 Å². The van der Waals surface area contributed by atoms with E-state index in [1.54, 1.807) is 6.92 Å². The molecular weight excluding hydrogens is 168 g/mol. The standard InChI is InChI=1S/C9H14N2O2/c1-7(9(12)13)6-11-5-4-10(3)8(11)2/h4-5,7H,6H2,1-3H3. The normalized spacial score (nSPS) is 12.8. The van der Waals surface area contributed by atoms with E-state index in [2.05, 4.69) is 0 Å². The summed E-state index contributed by atoms with van der Waals surface area (Å²) in [6.45, 7) is 4.06. The lowest BCUT2D eigenvalue weighted by molar-refractivity contribution is -0.677. The molecule has 0 saturated carbocycles. The first-order chi connectivity index (χ1) is 6.02. The first-order valence-corrected chi connectivity index (χ1v) is 4.24. The van der Waals surface area contributed by atoms with Crippen LogP contribution >= 0.6 is 0 Å². The number of rotatable bonds is 3. The van der Waals surface area contributed by atoms with E-state index in [0.29, 0.717) is 6.54 Å². The van der Waals surface area contributed by atoms with E-state index in [0.717, 1.165) is 5.82 Å². The maximum Gasteiger partial charge on any atom is 0.253 e. The molecule has 1 aromatic rings. The van der Waals surface area contributed by atoms with Gasteiger partial charge in [-0.3, -0.25) is 0 Å². The van der Waals surface area contributed by atoms with Gasteiger partial charge in [-0.2, -0.15) is 0 Å². The van der Waals surface area contributed by atoms with Crippen LogP contribution in [0.3, 0.4) is 0 Å². The lowest BCUT2D eigenvalue weighted by Gasteiger charge is -2.09. The van der Waals surface area contributed by atoms with Crippen LogP contribution in [0.25, 0.3) is 0 Å². The molecule has 0 amide bonds. The molecule has 1 rings (SSSR count). The monoisotopic (exact) mass is 182 g/mol. The molecule has 4 heteroatoms. The van der Waals surface area contributed by atoms with Gasteiger partial charge < -0.3 is 9.90 Å². The fourth-order valence-corrected chi connectivity index (χ4v) is 1.16. The second kappa shape index (κ2) is 3.60. The molecule has 0 saturated heterocycles. The van der Waals surface area contributed by atoms with E-state index in [1.165, 1.54) is 0 Å². The lowest BCUT2D eigenvalue weighted by atomic mass is 10.2. The van der Waals surface area contributed by atoms with Crippen LogP contribution in [0.4, 0.5) is 0 Å². The van der Waals surface area contributed by atoms with Gasteiger partial charge in [-0.15, -0.1) is 0 Å². The molecule has 1 unspecified atom stereocenters. The molecule has 1 heterocycles. The van der Waals surface area contributed by atoms with Crippen molar-refractivity contribution in [2.75, 3.05) is 0 Å². The highest BCUT2D eigenvalue weighted by atomic mass is 16.4. The minimum Gasteiger partial charge on any atom is -0.550 e. The number of carboxylic acid groups (broad SMARTS) is 1. The van der Waals surface area contributed by atoms with E-state index in [-0.39, 0.29) is 0 Å². The van der Waals surface area contributed by atoms with E-state index >= 15 is 0 Å². The van der Waals surface area contributed by atoms with Crippen LogP contribution < -0.4 is 9.67 Å². The topological polar surface area (TPSA) is 48.9 Å². The Morgan fingerprint density at radius 1 is 1.77 bits per heavy atom. The van der Waals surface area contributed by atoms with Gasteiger partial charge in [0.05, 0.1) is 13.6 Å². The van der Waals surface area contributed by atoms with Gasteiger partial charge in [0.2, 0.25) is 0 Å². The molecule has 13 heavy (non-hydrogen) atoms. The van der Waals surface area contributed by atoms with Gasteiger partial charge in [0.15, 0.2) is 0 Å². The molecule has 0 aromatic carbocycles. The van der Waals surface area contributed by atoms with Crippen molar-refractivity contribution in [3.8, 4) is 0 Å². The Balaban J connectivity index is 2.74. The minimum atomic E-state index is -1.00. The number of aryl methyl sites for hydroxylation is 1. The van der Waals surface area contributed by atoms with Gasteiger partial charge in [0.1, 0.15) is 12.4 Å². The Hall–Kier alpha value is -1.32. The predicted octanol–water partition coefficient (Wildman–Crippen LogP) is -0.993. The fourth-order valence-electron chi connectivity index (χ4n) is 1.16. The number of carbonyl (C=O) groups excluding carboxylic acids is 1. The SMILES string of the molecule is Cc1n(CC(C)C(=O)[O-])cc[n+]1C. The Morgan fingerprint density at radius 3 is 2.77 bits per heavy atom. The summed E-state index contributed by atoms with van der Waals surface area (Å²) in [5, 5.41) is 10.5. The average Bonchev–Trinajstić information content (AvgIpc) is 2.36. The Bertz CT molecular complexity index is 317. The summed E-state index contributed by atoms with van der Waals surface area (Å²) in [4.78, 5) is 10.5. The van der Waals surface area contributed by atoms with Crippen LogP contribution in [0.2, 0.25) is 0 Å². The maximum absolute atomic E-state index is 10.5. The first-order valence-electron chi connectivity index (χ1n) is 4.24. The highest BCUT2D eigenvalue weighted by Gasteiger charge is 2.12. The molecule has 0 N–H and O–H groups in total. The second-order valence-electron chi connectivity index (χ2n) is 3.33. The molecule has 1 atom stereocenters. The van der Waals surface area contributed by atoms with Crippen LogP contribution in [-0.4, -0.2) is 10.5 Å². The molecule has 0 bridgehead atoms. The largest absolute Gasteiger partial charge is 0.550 e. The van der Waals surface area contributed by atoms with Crippen LogP contribution in [0.15, 0.2) is 12.4 Å². The zero-order valence-corrected chi connectivity index (χ0v) is 8.15. The summed E-state index contributed by atoms with van der Waals surface area (Å²) in [7, 11) is 1.93. The summed E-state index contributed by atoms with van der Waals surface area (Å²) in [6, 6.07) is 0. The number of aromatic nitrogens is 2. The van der Waals surface area contributed by atoms with E-state index in [9.17, 15) is 9.90 Å². The Labute approximate surface area is 77.4 Å². The average molecular weight is 182 g/mol. The van der Waals surface area contributed by atoms with Crippen molar-refractivity contribution < 1.29 is 14.5 Å². The molecule has 0 aliphatic heterocycles. The van der Waals surface area contributed by atoms with Gasteiger partial charge in [-0.1, -0.05) is 6.92 Å². The number of hydrogen-bond donors (Lipinski definition) is 0. The number of aliphatic carboxylic acids is 1. The predicted molar refractivity (Wildman–Crippen MR) is 44.5 cm³/mol. The number of nitrogens with zero attached hydrogens (tertiary/aromatic N) is 2. The third-order valence-corrected chi connectivity index (χ3v) is 2.27. The molecule has 0 aliphatic carbocycles. The van der Waals surface area contributed by atoms with Crippen LogP contribution in [0.1, 0.15) is 12.7 Å². The molecule has 4 nitrogen and oxygen atoms in total. The number of carboxylic acids is 1. The second-order valence-corrected chi connectivity index (χ2v) is 3.33. The van der Waals surface area contributed by atoms with E-state index in [4.69, 9.17) is 0 Å². The molecule has 0 spiro atoms. The Kier molecular flexibility index (Phi) is 2.70. The number of hydrogen-bond acceptors (Lipinski definition) is 2. The maximum atomic E-state index is 10.5. The highest BCUT2D eigenvalue weighted by Crippen LogP contribution is 2.01. The zero-order valence-electron chi connectivity index (χ0n) is 8.15. The van der Waals surface area contributed by atoms with Crippen LogP contribution in [-0.2, 0) is 18.4 Å². The number of carbonyl (C=O) groups is 1. The van der Waals surface area contributed by atoms with E-state index in [1.807, 2.05) is 35.5 Å². The van der Waals surface area contributed by atoms with Gasteiger partial charge >= 0.3 is 0 Å². The van der Waals surface area contributed by atoms with Crippen molar-refractivity contribution in [3.05, 3.63) is 18.2 Å². The van der Waals surface area contributed by atoms with Crippen molar-refractivity contribution >= 4 is 5.97 Å². The van der Waals surface area contributed by atoms with Gasteiger partial charge in [-0.25, -0.2) is 9.13 Å². The van der Waals surface area contributed by atoms with Crippen molar-refractivity contribution in [1.29, 1.82) is 0 Å². The van der Waals surface area contributed by atoms with Crippen LogP contribution in [0.5, 0.6) is 0 Å². The van der Waals surface area contributed by atoms with E-state index < -0.39 is 11.9 Å². The smallest absolute Gasteiger partial charge is 0.253 e. The molecule has 0 aliphatic rings. The molecule has 0 radical (unpaired) electrons. The third kappa shape index (κ3) is 2.08. The van der Waals surface area contributed by atoms with Crippen LogP contribution in [0, 0.1) is 12.8 Å². The summed E-state index contributed by atoms with van der Waals surface area (Å²) in [6.07, 6.45) is 3.77. The third-order valence-electron chi connectivity index (χ3n) is 2.27. The molecule has 0 fully saturated rings. The molecule has 72 valence electrons. The van der Waals surface area contributed by atoms with Crippen molar-refractivity contribution in [1.82, 2.24) is 4.57 Å². The van der Waals surface area contributed by atoms with Crippen molar-refractivity contribution in [2.24, 2.45) is 13.0 Å². The quantitative estimate of drug-likeness (QED) is 0.563. The van der Waals surface area contributed by atoms with Crippen molar-refractivity contribution in [3.63, 3.8) is 0 Å². The lowest BCUT2D eigenvalue weighted by Crippen LogP contribution is -2.34. The Morgan fingerprint density at radius 2 is 2.38 bits per heavy atom. The first kappa shape index (κ1) is 9.77. The summed E-state index contributed by atoms with van der Waals surface area (Å²) < 4.78 is 3.85. The minimum absolute atomic E-state index is 0.453. The zero-order chi connectivity index (χ0) is 10.0. The van der Waals surface area contributed by atoms with Gasteiger partial charge in [0.25, 0.3) is 5.82 Å². The fraction of sp³-hybridized carbons (Fsp3) is 0.556. The number of imidazole rings is 1. The summed E-state index contributed by atoms with van der Waals surface area (Å²) in [5.41, 5.74) is 0. The van der Waals surface area contributed by atoms with Crippen molar-refractivity contribution in [2.45, 2.75) is 20.4 Å². The highest BCUT2D eigenvalue weighted by molar-refractivity contribution is 5.66. The van der Waals surface area contributed by atoms with Gasteiger partial charge in [-0.05, 0) is 0 Å². The summed E-state index contributed by atoms with van der Waals surface area (Å²) in [5.74, 6) is -0.421. The summed E-state index contributed by atoms with van der Waals surface area (Å²) >= 11 is 0.